The Bertz CT molecular complexity index is 1070. The molecule has 0 radical (unpaired) electrons. The molecule has 29 heavy (non-hydrogen) atoms. The number of nitrogens with zero attached hydrogens (tertiary/aromatic N) is 2. The van der Waals surface area contributed by atoms with Crippen molar-refractivity contribution in [2.75, 3.05) is 11.4 Å². The average molecular weight is 423 g/mol. The van der Waals surface area contributed by atoms with Crippen LogP contribution in [0.4, 0.5) is 5.69 Å². The molecule has 0 aliphatic carbocycles. The number of fused-ring (bicyclic) bond motifs is 1. The SMILES string of the molecule is O=C([O-])CCN1C(=O)/C(=C2/C(=O)N(Cc3ccccc3)c3ccccc32)SC1=S. The van der Waals surface area contributed by atoms with Crippen LogP contribution in [0.15, 0.2) is 59.5 Å². The number of carboxylic acid groups (broad SMARTS) is 1. The quantitative estimate of drug-likeness (QED) is 0.540. The van der Waals surface area contributed by atoms with Gasteiger partial charge in [-0.05, 0) is 11.6 Å². The zero-order valence-electron chi connectivity index (χ0n) is 15.2. The summed E-state index contributed by atoms with van der Waals surface area (Å²) in [6, 6.07) is 16.9. The maximum atomic E-state index is 13.3. The first-order valence-corrected chi connectivity index (χ1v) is 10.1. The van der Waals surface area contributed by atoms with Gasteiger partial charge in [0.25, 0.3) is 11.8 Å². The predicted octanol–water partition coefficient (Wildman–Crippen LogP) is 1.94. The van der Waals surface area contributed by atoms with Gasteiger partial charge in [-0.25, -0.2) is 0 Å². The molecule has 6 nitrogen and oxygen atoms in total. The van der Waals surface area contributed by atoms with Gasteiger partial charge in [-0.3, -0.25) is 14.5 Å². The third-order valence-electron chi connectivity index (χ3n) is 4.72. The molecule has 2 heterocycles. The van der Waals surface area contributed by atoms with Crippen LogP contribution in [0, 0.1) is 0 Å². The number of carboxylic acids is 1. The highest BCUT2D eigenvalue weighted by molar-refractivity contribution is 8.26. The lowest BCUT2D eigenvalue weighted by molar-refractivity contribution is -0.305. The van der Waals surface area contributed by atoms with Gasteiger partial charge < -0.3 is 14.8 Å². The van der Waals surface area contributed by atoms with Gasteiger partial charge in [0.1, 0.15) is 4.32 Å². The van der Waals surface area contributed by atoms with E-state index >= 15 is 0 Å². The summed E-state index contributed by atoms with van der Waals surface area (Å²) in [7, 11) is 0. The molecule has 0 N–H and O–H groups in total. The molecule has 146 valence electrons. The van der Waals surface area contributed by atoms with E-state index in [2.05, 4.69) is 0 Å². The summed E-state index contributed by atoms with van der Waals surface area (Å²) in [5, 5.41) is 10.8. The van der Waals surface area contributed by atoms with Crippen molar-refractivity contribution in [3.8, 4) is 0 Å². The van der Waals surface area contributed by atoms with Gasteiger partial charge in [-0.15, -0.1) is 0 Å². The molecule has 0 atom stereocenters. The standard InChI is InChI=1S/C21H16N2O4S2/c24-16(25)10-11-22-20(27)18(29-21(22)28)17-14-8-4-5-9-15(14)23(19(17)26)12-13-6-2-1-3-7-13/h1-9H,10-12H2,(H,24,25)/p-1/b18-17-. The van der Waals surface area contributed by atoms with Gasteiger partial charge in [-0.1, -0.05) is 72.5 Å². The van der Waals surface area contributed by atoms with E-state index in [-0.39, 0.29) is 28.1 Å². The third-order valence-corrected chi connectivity index (χ3v) is 6.17. The second-order valence-corrected chi connectivity index (χ2v) is 8.19. The summed E-state index contributed by atoms with van der Waals surface area (Å²) < 4.78 is 0.241. The summed E-state index contributed by atoms with van der Waals surface area (Å²) in [4.78, 5) is 40.1. The molecule has 1 saturated heterocycles. The molecule has 2 aliphatic heterocycles. The molecule has 2 aromatic rings. The van der Waals surface area contributed by atoms with Crippen molar-refractivity contribution in [2.24, 2.45) is 0 Å². The zero-order valence-corrected chi connectivity index (χ0v) is 16.8. The number of hydrogen-bond donors (Lipinski definition) is 0. The van der Waals surface area contributed by atoms with E-state index < -0.39 is 11.9 Å². The van der Waals surface area contributed by atoms with Gasteiger partial charge in [-0.2, -0.15) is 0 Å². The fourth-order valence-electron chi connectivity index (χ4n) is 3.37. The number of benzene rings is 2. The lowest BCUT2D eigenvalue weighted by atomic mass is 10.1. The van der Waals surface area contributed by atoms with Crippen molar-refractivity contribution in [1.82, 2.24) is 4.90 Å². The van der Waals surface area contributed by atoms with Gasteiger partial charge in [0, 0.05) is 24.5 Å². The molecular weight excluding hydrogens is 408 g/mol. The molecule has 0 spiro atoms. The first-order valence-electron chi connectivity index (χ1n) is 8.90. The second-order valence-electron chi connectivity index (χ2n) is 6.54. The van der Waals surface area contributed by atoms with Crippen LogP contribution in [0.1, 0.15) is 17.5 Å². The van der Waals surface area contributed by atoms with Crippen LogP contribution in [0.3, 0.4) is 0 Å². The van der Waals surface area contributed by atoms with Crippen LogP contribution in [0.25, 0.3) is 5.57 Å². The predicted molar refractivity (Wildman–Crippen MR) is 113 cm³/mol. The Labute approximate surface area is 176 Å². The van der Waals surface area contributed by atoms with Crippen molar-refractivity contribution in [3.63, 3.8) is 0 Å². The van der Waals surface area contributed by atoms with Crippen LogP contribution >= 0.6 is 24.0 Å². The molecule has 0 unspecified atom stereocenters. The monoisotopic (exact) mass is 423 g/mol. The smallest absolute Gasteiger partial charge is 0.267 e. The number of carbonyl (C=O) groups is 3. The number of aliphatic carboxylic acids is 1. The Morgan fingerprint density at radius 3 is 2.38 bits per heavy atom. The van der Waals surface area contributed by atoms with E-state index in [9.17, 15) is 19.5 Å². The van der Waals surface area contributed by atoms with Crippen LogP contribution < -0.4 is 10.0 Å². The van der Waals surface area contributed by atoms with Crippen LogP contribution in [-0.4, -0.2) is 33.5 Å². The summed E-state index contributed by atoms with van der Waals surface area (Å²) in [5.41, 5.74) is 2.69. The minimum Gasteiger partial charge on any atom is -0.550 e. The van der Waals surface area contributed by atoms with Crippen molar-refractivity contribution in [1.29, 1.82) is 0 Å². The van der Waals surface area contributed by atoms with Crippen LogP contribution in [-0.2, 0) is 20.9 Å². The maximum absolute atomic E-state index is 13.3. The highest BCUT2D eigenvalue weighted by atomic mass is 32.2. The van der Waals surface area contributed by atoms with E-state index in [0.29, 0.717) is 17.7 Å². The second kappa shape index (κ2) is 7.81. The largest absolute Gasteiger partial charge is 0.550 e. The maximum Gasteiger partial charge on any atom is 0.267 e. The number of hydrogen-bond acceptors (Lipinski definition) is 6. The number of anilines is 1. The Hall–Kier alpha value is -2.97. The normalized spacial score (nSPS) is 18.6. The average Bonchev–Trinajstić information content (AvgIpc) is 3.14. The van der Waals surface area contributed by atoms with E-state index in [4.69, 9.17) is 12.2 Å². The number of rotatable bonds is 5. The highest BCUT2D eigenvalue weighted by Gasteiger charge is 2.41. The van der Waals surface area contributed by atoms with E-state index in [1.165, 1.54) is 4.90 Å². The minimum absolute atomic E-state index is 0.0760. The van der Waals surface area contributed by atoms with Crippen molar-refractivity contribution < 1.29 is 19.5 Å². The van der Waals surface area contributed by atoms with E-state index in [0.717, 1.165) is 23.0 Å². The van der Waals surface area contributed by atoms with E-state index in [1.54, 1.807) is 11.0 Å². The Morgan fingerprint density at radius 2 is 1.66 bits per heavy atom. The topological polar surface area (TPSA) is 80.7 Å². The molecule has 8 heteroatoms. The molecule has 0 aromatic heterocycles. The minimum atomic E-state index is -1.26. The Morgan fingerprint density at radius 1 is 0.966 bits per heavy atom. The summed E-state index contributed by atoms with van der Waals surface area (Å²) >= 11 is 6.28. The molecular formula is C21H15N2O4S2-. The number of thiocarbonyl (C=S) groups is 1. The lowest BCUT2D eigenvalue weighted by Crippen LogP contribution is -2.34. The number of amides is 2. The van der Waals surface area contributed by atoms with E-state index in [1.807, 2.05) is 48.5 Å². The lowest BCUT2D eigenvalue weighted by Gasteiger charge is -2.17. The molecule has 2 amide bonds. The molecule has 2 aliphatic rings. The van der Waals surface area contributed by atoms with Crippen LogP contribution in [0.5, 0.6) is 0 Å². The fraction of sp³-hybridized carbons (Fsp3) is 0.143. The van der Waals surface area contributed by atoms with Gasteiger partial charge in [0.05, 0.1) is 22.7 Å². The zero-order chi connectivity index (χ0) is 20.5. The van der Waals surface area contributed by atoms with Crippen molar-refractivity contribution in [2.45, 2.75) is 13.0 Å². The number of thioether (sulfide) groups is 1. The number of para-hydroxylation sites is 1. The summed E-state index contributed by atoms with van der Waals surface area (Å²) in [6.45, 7) is 0.304. The molecule has 4 rings (SSSR count). The molecule has 0 saturated carbocycles. The summed E-state index contributed by atoms with van der Waals surface area (Å²) in [6.07, 6.45) is -0.320. The van der Waals surface area contributed by atoms with Crippen molar-refractivity contribution >= 4 is 57.3 Å². The molecule has 1 fully saturated rings. The fourth-order valence-corrected chi connectivity index (χ4v) is 4.75. The van der Waals surface area contributed by atoms with Gasteiger partial charge in [0.2, 0.25) is 0 Å². The molecule has 2 aromatic carbocycles. The third kappa shape index (κ3) is 3.56. The van der Waals surface area contributed by atoms with Gasteiger partial charge >= 0.3 is 0 Å². The van der Waals surface area contributed by atoms with Crippen molar-refractivity contribution in [3.05, 3.63) is 70.6 Å². The molecule has 0 bridgehead atoms. The highest BCUT2D eigenvalue weighted by Crippen LogP contribution is 2.44. The van der Waals surface area contributed by atoms with Crippen LogP contribution in [0.2, 0.25) is 0 Å². The Balaban J connectivity index is 1.73. The number of carbonyl (C=O) groups excluding carboxylic acids is 3. The van der Waals surface area contributed by atoms with Gasteiger partial charge in [0.15, 0.2) is 0 Å². The summed E-state index contributed by atoms with van der Waals surface area (Å²) in [5.74, 6) is -1.97. The first-order chi connectivity index (χ1) is 14.0. The Kier molecular flexibility index (Phi) is 5.21. The first kappa shape index (κ1) is 19.4.